The van der Waals surface area contributed by atoms with Crippen molar-refractivity contribution in [3.63, 3.8) is 0 Å². The first-order valence-corrected chi connectivity index (χ1v) is 7.09. The molecule has 0 fully saturated rings. The van der Waals surface area contributed by atoms with Crippen molar-refractivity contribution in [2.24, 2.45) is 0 Å². The summed E-state index contributed by atoms with van der Waals surface area (Å²) >= 11 is 3.39. The molecule has 0 radical (unpaired) electrons. The van der Waals surface area contributed by atoms with Gasteiger partial charge in [0.05, 0.1) is 7.11 Å². The number of rotatable bonds is 5. The fourth-order valence-corrected chi connectivity index (χ4v) is 2.36. The first-order valence-electron chi connectivity index (χ1n) is 6.30. The van der Waals surface area contributed by atoms with Gasteiger partial charge in [-0.15, -0.1) is 0 Å². The summed E-state index contributed by atoms with van der Waals surface area (Å²) in [6.07, 6.45) is 0. The zero-order chi connectivity index (χ0) is 15.4. The standard InChI is InChI=1S/C16H15BrO4/c1-10-3-5-15(13(7-10)16(18)19)21-9-11-8-12(17)4-6-14(11)20-2/h3-8H,9H2,1-2H3,(H,18,19). The van der Waals surface area contributed by atoms with Crippen LogP contribution >= 0.6 is 15.9 Å². The lowest BCUT2D eigenvalue weighted by Gasteiger charge is -2.12. The molecular weight excluding hydrogens is 336 g/mol. The summed E-state index contributed by atoms with van der Waals surface area (Å²) in [6.45, 7) is 2.07. The van der Waals surface area contributed by atoms with Gasteiger partial charge in [-0.05, 0) is 37.3 Å². The van der Waals surface area contributed by atoms with E-state index in [0.29, 0.717) is 11.5 Å². The van der Waals surface area contributed by atoms with Crippen molar-refractivity contribution in [2.45, 2.75) is 13.5 Å². The van der Waals surface area contributed by atoms with Crippen molar-refractivity contribution < 1.29 is 19.4 Å². The van der Waals surface area contributed by atoms with Crippen LogP contribution in [-0.4, -0.2) is 18.2 Å². The molecule has 5 heteroatoms. The number of aryl methyl sites for hydroxylation is 1. The van der Waals surface area contributed by atoms with Crippen molar-refractivity contribution >= 4 is 21.9 Å². The number of carboxylic acid groups (broad SMARTS) is 1. The van der Waals surface area contributed by atoms with E-state index < -0.39 is 5.97 Å². The van der Waals surface area contributed by atoms with E-state index in [2.05, 4.69) is 15.9 Å². The van der Waals surface area contributed by atoms with Crippen LogP contribution in [0.15, 0.2) is 40.9 Å². The Morgan fingerprint density at radius 2 is 1.90 bits per heavy atom. The maximum Gasteiger partial charge on any atom is 0.339 e. The molecule has 0 aliphatic rings. The number of carboxylic acids is 1. The second-order valence-corrected chi connectivity index (χ2v) is 5.47. The predicted octanol–water partition coefficient (Wildman–Crippen LogP) is 4.04. The summed E-state index contributed by atoms with van der Waals surface area (Å²) in [4.78, 5) is 11.3. The normalized spacial score (nSPS) is 10.2. The monoisotopic (exact) mass is 350 g/mol. The van der Waals surface area contributed by atoms with Gasteiger partial charge in [0.25, 0.3) is 0 Å². The molecule has 0 bridgehead atoms. The Hall–Kier alpha value is -2.01. The number of hydrogen-bond acceptors (Lipinski definition) is 3. The third kappa shape index (κ3) is 3.76. The van der Waals surface area contributed by atoms with Crippen molar-refractivity contribution in [3.8, 4) is 11.5 Å². The summed E-state index contributed by atoms with van der Waals surface area (Å²) in [5.41, 5.74) is 1.87. The largest absolute Gasteiger partial charge is 0.496 e. The second-order valence-electron chi connectivity index (χ2n) is 4.55. The minimum Gasteiger partial charge on any atom is -0.496 e. The number of ether oxygens (including phenoxy) is 2. The summed E-state index contributed by atoms with van der Waals surface area (Å²) < 4.78 is 11.8. The van der Waals surface area contributed by atoms with Gasteiger partial charge in [-0.2, -0.15) is 0 Å². The molecule has 0 amide bonds. The molecule has 0 aromatic heterocycles. The Balaban J connectivity index is 2.24. The summed E-state index contributed by atoms with van der Waals surface area (Å²) in [7, 11) is 1.58. The predicted molar refractivity (Wildman–Crippen MR) is 83.2 cm³/mol. The van der Waals surface area contributed by atoms with Crippen molar-refractivity contribution in [1.82, 2.24) is 0 Å². The molecule has 2 aromatic carbocycles. The van der Waals surface area contributed by atoms with E-state index in [-0.39, 0.29) is 12.2 Å². The highest BCUT2D eigenvalue weighted by atomic mass is 79.9. The Bertz CT molecular complexity index is 667. The molecule has 110 valence electrons. The number of aromatic carboxylic acids is 1. The molecule has 0 heterocycles. The van der Waals surface area contributed by atoms with E-state index in [9.17, 15) is 9.90 Å². The van der Waals surface area contributed by atoms with Gasteiger partial charge in [0.2, 0.25) is 0 Å². The molecule has 0 atom stereocenters. The number of methoxy groups -OCH3 is 1. The second kappa shape index (κ2) is 6.63. The van der Waals surface area contributed by atoms with Crippen molar-refractivity contribution in [1.29, 1.82) is 0 Å². The van der Waals surface area contributed by atoms with Crippen LogP contribution in [0, 0.1) is 6.92 Å². The Labute approximate surface area is 131 Å². The van der Waals surface area contributed by atoms with Crippen LogP contribution in [0.2, 0.25) is 0 Å². The van der Waals surface area contributed by atoms with Crippen LogP contribution in [-0.2, 0) is 6.61 Å². The first kappa shape index (κ1) is 15.4. The van der Waals surface area contributed by atoms with E-state index in [1.807, 2.05) is 31.2 Å². The average Bonchev–Trinajstić information content (AvgIpc) is 2.46. The summed E-state index contributed by atoms with van der Waals surface area (Å²) in [5, 5.41) is 9.22. The van der Waals surface area contributed by atoms with Gasteiger partial charge in [0.15, 0.2) is 0 Å². The molecule has 21 heavy (non-hydrogen) atoms. The van der Waals surface area contributed by atoms with Crippen LogP contribution in [0.25, 0.3) is 0 Å². The molecule has 4 nitrogen and oxygen atoms in total. The molecule has 2 aromatic rings. The fourth-order valence-electron chi connectivity index (χ4n) is 1.95. The van der Waals surface area contributed by atoms with Gasteiger partial charge in [-0.1, -0.05) is 27.6 Å². The molecule has 0 aliphatic carbocycles. The topological polar surface area (TPSA) is 55.8 Å². The molecule has 2 rings (SSSR count). The van der Waals surface area contributed by atoms with E-state index in [0.717, 1.165) is 15.6 Å². The first-order chi connectivity index (χ1) is 10.0. The molecule has 0 saturated carbocycles. The average molecular weight is 351 g/mol. The molecule has 0 aliphatic heterocycles. The van der Waals surface area contributed by atoms with Crippen molar-refractivity contribution in [3.05, 3.63) is 57.6 Å². The smallest absolute Gasteiger partial charge is 0.339 e. The maximum absolute atomic E-state index is 11.3. The van der Waals surface area contributed by atoms with Crippen LogP contribution < -0.4 is 9.47 Å². The lowest BCUT2D eigenvalue weighted by Crippen LogP contribution is -2.04. The number of benzene rings is 2. The van der Waals surface area contributed by atoms with Gasteiger partial charge in [-0.25, -0.2) is 4.79 Å². The third-order valence-corrected chi connectivity index (χ3v) is 3.48. The zero-order valence-electron chi connectivity index (χ0n) is 11.7. The Morgan fingerprint density at radius 3 is 2.57 bits per heavy atom. The number of carbonyl (C=O) groups is 1. The van der Waals surface area contributed by atoms with Gasteiger partial charge in [0, 0.05) is 10.0 Å². The minimum atomic E-state index is -1.00. The SMILES string of the molecule is COc1ccc(Br)cc1COc1ccc(C)cc1C(=O)O. The molecule has 1 N–H and O–H groups in total. The molecule has 0 saturated heterocycles. The minimum absolute atomic E-state index is 0.156. The number of halogens is 1. The summed E-state index contributed by atoms with van der Waals surface area (Å²) in [5.74, 6) is 0.0345. The molecule has 0 spiro atoms. The van der Waals surface area contributed by atoms with Crippen molar-refractivity contribution in [2.75, 3.05) is 7.11 Å². The molecular formula is C16H15BrO4. The van der Waals surface area contributed by atoms with Crippen LogP contribution in [0.5, 0.6) is 11.5 Å². The lowest BCUT2D eigenvalue weighted by atomic mass is 10.1. The van der Waals surface area contributed by atoms with Gasteiger partial charge in [0.1, 0.15) is 23.7 Å². The van der Waals surface area contributed by atoms with E-state index in [1.165, 1.54) is 0 Å². The lowest BCUT2D eigenvalue weighted by molar-refractivity contribution is 0.0691. The Morgan fingerprint density at radius 1 is 1.19 bits per heavy atom. The van der Waals surface area contributed by atoms with Crippen LogP contribution in [0.4, 0.5) is 0 Å². The highest BCUT2D eigenvalue weighted by Crippen LogP contribution is 2.26. The van der Waals surface area contributed by atoms with E-state index in [4.69, 9.17) is 9.47 Å². The van der Waals surface area contributed by atoms with Gasteiger partial charge < -0.3 is 14.6 Å². The highest BCUT2D eigenvalue weighted by Gasteiger charge is 2.12. The molecule has 0 unspecified atom stereocenters. The van der Waals surface area contributed by atoms with Crippen LogP contribution in [0.3, 0.4) is 0 Å². The maximum atomic E-state index is 11.3. The zero-order valence-corrected chi connectivity index (χ0v) is 13.3. The van der Waals surface area contributed by atoms with Gasteiger partial charge in [-0.3, -0.25) is 0 Å². The third-order valence-electron chi connectivity index (χ3n) is 2.99. The van der Waals surface area contributed by atoms with Crippen LogP contribution in [0.1, 0.15) is 21.5 Å². The quantitative estimate of drug-likeness (QED) is 0.883. The van der Waals surface area contributed by atoms with E-state index in [1.54, 1.807) is 19.2 Å². The van der Waals surface area contributed by atoms with Gasteiger partial charge >= 0.3 is 5.97 Å². The Kier molecular flexibility index (Phi) is 4.85. The highest BCUT2D eigenvalue weighted by molar-refractivity contribution is 9.10. The number of hydrogen-bond donors (Lipinski definition) is 1. The fraction of sp³-hybridized carbons (Fsp3) is 0.188. The summed E-state index contributed by atoms with van der Waals surface area (Å²) in [6, 6.07) is 10.7. The van der Waals surface area contributed by atoms with E-state index >= 15 is 0 Å².